The number of nitrogens with two attached hydrogens (primary N) is 1. The number of nitrogens with one attached hydrogen (secondary N) is 1. The highest BCUT2D eigenvalue weighted by molar-refractivity contribution is 6.34. The first-order valence-electron chi connectivity index (χ1n) is 12.7. The number of hydrogen-bond donors (Lipinski definition) is 2. The van der Waals surface area contributed by atoms with Gasteiger partial charge in [-0.2, -0.15) is 4.98 Å². The smallest absolute Gasteiger partial charge is 0.319 e. The van der Waals surface area contributed by atoms with Crippen LogP contribution in [0.5, 0.6) is 11.9 Å². The number of fused-ring (bicyclic) bond motifs is 4. The fraction of sp³-hybridized carbons (Fsp3) is 0.214. The van der Waals surface area contributed by atoms with Crippen LogP contribution in [0.1, 0.15) is 52.0 Å². The Kier molecular flexibility index (Phi) is 6.35. The van der Waals surface area contributed by atoms with Crippen molar-refractivity contribution >= 4 is 52.3 Å². The van der Waals surface area contributed by atoms with E-state index < -0.39 is 23.3 Å². The number of halogens is 2. The monoisotopic (exact) mass is 607 g/mol. The van der Waals surface area contributed by atoms with E-state index in [4.69, 9.17) is 43.4 Å². The van der Waals surface area contributed by atoms with Gasteiger partial charge in [-0.15, -0.1) is 0 Å². The lowest BCUT2D eigenvalue weighted by molar-refractivity contribution is -0.119. The van der Waals surface area contributed by atoms with E-state index in [0.717, 1.165) is 0 Å². The molecule has 2 aromatic heterocycles. The van der Waals surface area contributed by atoms with Gasteiger partial charge in [0.25, 0.3) is 11.8 Å². The Morgan fingerprint density at radius 1 is 1.07 bits per heavy atom. The van der Waals surface area contributed by atoms with Crippen LogP contribution in [0.4, 0.5) is 11.4 Å². The SMILES string of the molecule is COc1ncc(-c2nc3c(n2C(C)C)[C@@]2(C(=O)Nc4cc(Cl)ccc42)N(c2ccc(C(N)=O)c(Cl)c2)C3=O)c(OC)n1. The van der Waals surface area contributed by atoms with Crippen LogP contribution in [-0.2, 0) is 10.3 Å². The minimum atomic E-state index is -1.72. The maximum atomic E-state index is 14.4. The van der Waals surface area contributed by atoms with E-state index >= 15 is 0 Å². The zero-order valence-electron chi connectivity index (χ0n) is 22.7. The summed E-state index contributed by atoms with van der Waals surface area (Å²) in [5, 5.41) is 3.32. The molecule has 0 fully saturated rings. The quantitative estimate of drug-likeness (QED) is 0.330. The van der Waals surface area contributed by atoms with Crippen LogP contribution in [0.3, 0.4) is 0 Å². The number of primary amides is 1. The lowest BCUT2D eigenvalue weighted by atomic mass is 9.87. The topological polar surface area (TPSA) is 155 Å². The van der Waals surface area contributed by atoms with Crippen molar-refractivity contribution in [3.63, 3.8) is 0 Å². The van der Waals surface area contributed by atoms with Gasteiger partial charge in [-0.25, -0.2) is 9.97 Å². The summed E-state index contributed by atoms with van der Waals surface area (Å²) < 4.78 is 12.5. The Morgan fingerprint density at radius 3 is 2.48 bits per heavy atom. The lowest BCUT2D eigenvalue weighted by Gasteiger charge is -2.36. The second kappa shape index (κ2) is 9.71. The van der Waals surface area contributed by atoms with Crippen LogP contribution in [0, 0.1) is 0 Å². The highest BCUT2D eigenvalue weighted by atomic mass is 35.5. The largest absolute Gasteiger partial charge is 0.480 e. The van der Waals surface area contributed by atoms with Gasteiger partial charge >= 0.3 is 6.01 Å². The van der Waals surface area contributed by atoms with Gasteiger partial charge in [-0.3, -0.25) is 19.3 Å². The maximum absolute atomic E-state index is 14.4. The Morgan fingerprint density at radius 2 is 1.83 bits per heavy atom. The van der Waals surface area contributed by atoms with Gasteiger partial charge in [0.2, 0.25) is 11.8 Å². The Balaban J connectivity index is 1.69. The minimum Gasteiger partial charge on any atom is -0.480 e. The summed E-state index contributed by atoms with van der Waals surface area (Å²) in [6, 6.07) is 9.08. The van der Waals surface area contributed by atoms with E-state index in [1.807, 2.05) is 13.8 Å². The molecule has 1 spiro atoms. The van der Waals surface area contributed by atoms with E-state index in [1.54, 1.807) is 22.8 Å². The van der Waals surface area contributed by atoms with Gasteiger partial charge in [0.15, 0.2) is 11.2 Å². The second-order valence-electron chi connectivity index (χ2n) is 9.90. The molecule has 2 aromatic carbocycles. The number of rotatable bonds is 6. The average Bonchev–Trinajstić information content (AvgIpc) is 3.56. The first-order chi connectivity index (χ1) is 20.0. The highest BCUT2D eigenvalue weighted by Gasteiger charge is 2.64. The van der Waals surface area contributed by atoms with Crippen LogP contribution >= 0.6 is 23.2 Å². The molecule has 2 aliphatic heterocycles. The Bertz CT molecular complexity index is 1840. The average molecular weight is 608 g/mol. The molecule has 0 saturated carbocycles. The number of amides is 3. The van der Waals surface area contributed by atoms with Crippen molar-refractivity contribution < 1.29 is 23.9 Å². The van der Waals surface area contributed by atoms with Gasteiger partial charge in [0.1, 0.15) is 5.82 Å². The number of carbonyl (C=O) groups excluding carboxylic acids is 3. The Hall–Kier alpha value is -4.68. The Labute approximate surface area is 249 Å². The first kappa shape index (κ1) is 27.5. The van der Waals surface area contributed by atoms with Crippen molar-refractivity contribution in [1.82, 2.24) is 19.5 Å². The maximum Gasteiger partial charge on any atom is 0.319 e. The number of imidazole rings is 1. The summed E-state index contributed by atoms with van der Waals surface area (Å²) in [6.07, 6.45) is 1.49. The molecule has 4 aromatic rings. The summed E-state index contributed by atoms with van der Waals surface area (Å²) in [6.45, 7) is 3.80. The summed E-state index contributed by atoms with van der Waals surface area (Å²) in [5.41, 5.74) is 5.72. The normalized spacial score (nSPS) is 17.1. The van der Waals surface area contributed by atoms with Gasteiger partial charge in [-0.05, 0) is 44.2 Å². The van der Waals surface area contributed by atoms with Crippen LogP contribution in [0.25, 0.3) is 11.4 Å². The minimum absolute atomic E-state index is 0.0229. The van der Waals surface area contributed by atoms with Crippen molar-refractivity contribution in [2.45, 2.75) is 25.4 Å². The molecule has 214 valence electrons. The number of methoxy groups -OCH3 is 2. The number of anilines is 2. The number of ether oxygens (including phenoxy) is 2. The molecule has 0 aliphatic carbocycles. The van der Waals surface area contributed by atoms with Gasteiger partial charge in [0.05, 0.1) is 36.1 Å². The third kappa shape index (κ3) is 3.68. The van der Waals surface area contributed by atoms with Gasteiger partial charge in [-0.1, -0.05) is 29.3 Å². The van der Waals surface area contributed by atoms with Gasteiger partial charge < -0.3 is 25.1 Å². The molecule has 1 atom stereocenters. The number of nitrogens with zero attached hydrogens (tertiary/aromatic N) is 5. The summed E-state index contributed by atoms with van der Waals surface area (Å²) in [7, 11) is 2.87. The molecule has 2 aliphatic rings. The van der Waals surface area contributed by atoms with E-state index in [2.05, 4.69) is 15.3 Å². The second-order valence-corrected chi connectivity index (χ2v) is 10.7. The molecular weight excluding hydrogens is 585 g/mol. The van der Waals surface area contributed by atoms with Crippen LogP contribution < -0.4 is 25.4 Å². The fourth-order valence-corrected chi connectivity index (χ4v) is 6.06. The molecule has 12 nitrogen and oxygen atoms in total. The van der Waals surface area contributed by atoms with Crippen LogP contribution in [0.2, 0.25) is 10.0 Å². The standard InChI is InChI=1S/C28H23Cl2N7O5/c1-12(2)36-21-20(34-23(36)16-11-32-27(42-4)35-24(16)41-3)25(39)37(14-6-7-15(22(31)38)18(30)10-14)28(21)17-8-5-13(29)9-19(17)33-26(28)40/h5-12H,1-4H3,(H2,31,38)(H,33,40)/t28-/m0/s1. The third-order valence-electron chi connectivity index (χ3n) is 7.28. The zero-order valence-corrected chi connectivity index (χ0v) is 24.2. The fourth-order valence-electron chi connectivity index (χ4n) is 5.62. The molecular formula is C28H23Cl2N7O5. The summed E-state index contributed by atoms with van der Waals surface area (Å²) in [4.78, 5) is 55.2. The molecule has 3 N–H and O–H groups in total. The van der Waals surface area contributed by atoms with E-state index in [-0.39, 0.29) is 39.9 Å². The number of hydrogen-bond acceptors (Lipinski definition) is 8. The molecule has 6 rings (SSSR count). The van der Waals surface area contributed by atoms with E-state index in [9.17, 15) is 14.4 Å². The molecule has 4 heterocycles. The molecule has 42 heavy (non-hydrogen) atoms. The lowest BCUT2D eigenvalue weighted by Crippen LogP contribution is -2.51. The van der Waals surface area contributed by atoms with E-state index in [1.165, 1.54) is 43.5 Å². The first-order valence-corrected chi connectivity index (χ1v) is 13.4. The third-order valence-corrected chi connectivity index (χ3v) is 7.83. The van der Waals surface area contributed by atoms with Crippen molar-refractivity contribution in [3.8, 4) is 23.3 Å². The van der Waals surface area contributed by atoms with Crippen molar-refractivity contribution in [2.75, 3.05) is 24.4 Å². The highest BCUT2D eigenvalue weighted by Crippen LogP contribution is 2.54. The molecule has 3 amide bonds. The van der Waals surface area contributed by atoms with Gasteiger partial charge in [0, 0.05) is 34.2 Å². The van der Waals surface area contributed by atoms with Crippen molar-refractivity contribution in [1.29, 1.82) is 0 Å². The predicted molar refractivity (Wildman–Crippen MR) is 154 cm³/mol. The number of aromatic nitrogens is 4. The van der Waals surface area contributed by atoms with Crippen LogP contribution in [-0.4, -0.2) is 51.5 Å². The van der Waals surface area contributed by atoms with Crippen LogP contribution in [0.15, 0.2) is 42.6 Å². The number of carbonyl (C=O) groups is 3. The number of benzene rings is 2. The summed E-state index contributed by atoms with van der Waals surface area (Å²) in [5.74, 6) is -1.32. The summed E-state index contributed by atoms with van der Waals surface area (Å²) >= 11 is 12.7. The molecule has 0 bridgehead atoms. The predicted octanol–water partition coefficient (Wildman–Crippen LogP) is 4.20. The zero-order chi connectivity index (χ0) is 30.1. The molecule has 0 saturated heterocycles. The molecule has 0 radical (unpaired) electrons. The molecule has 14 heteroatoms. The van der Waals surface area contributed by atoms with Crippen molar-refractivity contribution in [3.05, 3.63) is 75.2 Å². The van der Waals surface area contributed by atoms with E-state index in [0.29, 0.717) is 33.4 Å². The van der Waals surface area contributed by atoms with Crippen molar-refractivity contribution in [2.24, 2.45) is 5.73 Å². The molecule has 0 unspecified atom stereocenters.